The quantitative estimate of drug-likeness (QED) is 0.740. The fourth-order valence-electron chi connectivity index (χ4n) is 3.51. The largest absolute Gasteiger partial charge is 0.344 e. The molecule has 2 aliphatic rings. The molecule has 7 heteroatoms. The highest BCUT2D eigenvalue weighted by Gasteiger charge is 2.37. The van der Waals surface area contributed by atoms with Gasteiger partial charge in [-0.3, -0.25) is 19.6 Å². The van der Waals surface area contributed by atoms with Crippen LogP contribution in [-0.4, -0.2) is 15.8 Å². The first-order valence-corrected chi connectivity index (χ1v) is 8.07. The van der Waals surface area contributed by atoms with Gasteiger partial charge in [0.1, 0.15) is 5.82 Å². The van der Waals surface area contributed by atoms with Gasteiger partial charge in [0.15, 0.2) is 5.78 Å². The van der Waals surface area contributed by atoms with Crippen molar-refractivity contribution >= 4 is 23.2 Å². The van der Waals surface area contributed by atoms with Crippen molar-refractivity contribution in [3.05, 3.63) is 72.5 Å². The number of hydrogen-bond donors (Lipinski definition) is 3. The number of ketones is 1. The Morgan fingerprint density at radius 3 is 2.71 bits per heavy atom. The Hall–Kier alpha value is -2.60. The zero-order chi connectivity index (χ0) is 16.8. The molecule has 0 spiro atoms. The van der Waals surface area contributed by atoms with Crippen LogP contribution in [0.3, 0.4) is 0 Å². The molecule has 1 aliphatic carbocycles. The fourth-order valence-corrected chi connectivity index (χ4v) is 3.71. The van der Waals surface area contributed by atoms with Crippen LogP contribution in [0.2, 0.25) is 5.02 Å². The second-order valence-electron chi connectivity index (χ2n) is 5.98. The van der Waals surface area contributed by atoms with Crippen molar-refractivity contribution in [2.24, 2.45) is 0 Å². The summed E-state index contributed by atoms with van der Waals surface area (Å²) in [6.07, 6.45) is 1.90. The Morgan fingerprint density at radius 2 is 1.92 bits per heavy atom. The van der Waals surface area contributed by atoms with Gasteiger partial charge >= 0.3 is 5.69 Å². The minimum atomic E-state index is -0.581. The van der Waals surface area contributed by atoms with Crippen LogP contribution >= 0.6 is 11.6 Å². The zero-order valence-electron chi connectivity index (χ0n) is 12.6. The van der Waals surface area contributed by atoms with Crippen LogP contribution in [0.5, 0.6) is 0 Å². The molecule has 2 aromatic rings. The molecular weight excluding hydrogens is 330 g/mol. The molecule has 6 nitrogen and oxygen atoms in total. The summed E-state index contributed by atoms with van der Waals surface area (Å²) in [5.41, 5.74) is 1.37. The first-order valence-electron chi connectivity index (χ1n) is 7.70. The number of fused-ring (bicyclic) bond motifs is 1. The third-order valence-corrected chi connectivity index (χ3v) is 4.71. The van der Waals surface area contributed by atoms with E-state index in [1.165, 1.54) is 0 Å². The molecule has 1 aromatic carbocycles. The van der Waals surface area contributed by atoms with E-state index in [0.717, 1.165) is 17.7 Å². The Morgan fingerprint density at radius 1 is 1.08 bits per heavy atom. The first kappa shape index (κ1) is 15.0. The molecule has 4 rings (SSSR count). The molecule has 0 saturated heterocycles. The smallest absolute Gasteiger partial charge is 0.327 e. The summed E-state index contributed by atoms with van der Waals surface area (Å²) in [4.78, 5) is 41.5. The van der Waals surface area contributed by atoms with Gasteiger partial charge < -0.3 is 5.32 Å². The van der Waals surface area contributed by atoms with Gasteiger partial charge in [0.05, 0.1) is 5.56 Å². The molecule has 0 bridgehead atoms. The molecule has 0 amide bonds. The summed E-state index contributed by atoms with van der Waals surface area (Å²) in [5.74, 6) is -0.171. The van der Waals surface area contributed by atoms with Gasteiger partial charge in [0.2, 0.25) is 0 Å². The Balaban J connectivity index is 2.03. The number of Topliss-reactive ketones (excluding diaryl/α,β-unsaturated/α-hetero) is 1. The van der Waals surface area contributed by atoms with Gasteiger partial charge in [0.25, 0.3) is 5.56 Å². The third kappa shape index (κ3) is 2.30. The van der Waals surface area contributed by atoms with Crippen molar-refractivity contribution in [1.82, 2.24) is 9.97 Å². The molecule has 0 saturated carbocycles. The topological polar surface area (TPSA) is 94.8 Å². The van der Waals surface area contributed by atoms with E-state index in [2.05, 4.69) is 15.3 Å². The number of aromatic nitrogens is 2. The van der Waals surface area contributed by atoms with Crippen molar-refractivity contribution in [2.75, 3.05) is 5.32 Å². The maximum absolute atomic E-state index is 12.6. The fraction of sp³-hybridized carbons (Fsp3) is 0.235. The summed E-state index contributed by atoms with van der Waals surface area (Å²) in [7, 11) is 0. The molecule has 0 radical (unpaired) electrons. The second-order valence-corrected chi connectivity index (χ2v) is 6.42. The number of anilines is 1. The molecule has 1 unspecified atom stereocenters. The van der Waals surface area contributed by atoms with E-state index < -0.39 is 17.2 Å². The molecule has 1 aliphatic heterocycles. The number of benzene rings is 1. The number of carbonyl (C=O) groups excluding carboxylic acids is 1. The highest BCUT2D eigenvalue weighted by Crippen LogP contribution is 2.43. The van der Waals surface area contributed by atoms with Crippen LogP contribution in [0.1, 0.15) is 36.3 Å². The van der Waals surface area contributed by atoms with Crippen molar-refractivity contribution in [3.8, 4) is 0 Å². The van der Waals surface area contributed by atoms with Gasteiger partial charge in [-0.15, -0.1) is 0 Å². The van der Waals surface area contributed by atoms with E-state index in [4.69, 9.17) is 11.6 Å². The average Bonchev–Trinajstić information content (AvgIpc) is 2.53. The summed E-state index contributed by atoms with van der Waals surface area (Å²) in [6, 6.07) is 7.11. The predicted molar refractivity (Wildman–Crippen MR) is 90.5 cm³/mol. The number of hydrogen-bond acceptors (Lipinski definition) is 4. The molecule has 3 N–H and O–H groups in total. The van der Waals surface area contributed by atoms with Gasteiger partial charge in [-0.2, -0.15) is 0 Å². The van der Waals surface area contributed by atoms with Gasteiger partial charge in [0, 0.05) is 28.6 Å². The Bertz CT molecular complexity index is 1000. The Kier molecular flexibility index (Phi) is 3.42. The minimum absolute atomic E-state index is 0.0185. The molecular formula is C17H14ClN3O3. The molecule has 2 heterocycles. The first-order chi connectivity index (χ1) is 11.5. The van der Waals surface area contributed by atoms with E-state index in [0.29, 0.717) is 34.8 Å². The maximum Gasteiger partial charge on any atom is 0.327 e. The number of carbonyl (C=O) groups is 1. The number of allylic oxidation sites excluding steroid dienone is 2. The standard InChI is InChI=1S/C17H14ClN3O3/c18-9-4-1-3-8(7-9)12-13-10(5-2-6-11(13)22)19-15-14(12)16(23)21-17(24)20-15/h1,3-4,7,12H,2,5-6H2,(H3,19,20,21,23,24). The minimum Gasteiger partial charge on any atom is -0.344 e. The van der Waals surface area contributed by atoms with Crippen LogP contribution < -0.4 is 16.6 Å². The number of halogens is 1. The third-order valence-electron chi connectivity index (χ3n) is 4.47. The van der Waals surface area contributed by atoms with E-state index >= 15 is 0 Å². The number of rotatable bonds is 1. The van der Waals surface area contributed by atoms with Crippen molar-refractivity contribution in [3.63, 3.8) is 0 Å². The lowest BCUT2D eigenvalue weighted by molar-refractivity contribution is -0.116. The highest BCUT2D eigenvalue weighted by molar-refractivity contribution is 6.30. The predicted octanol–water partition coefficient (Wildman–Crippen LogP) is 2.28. The average molecular weight is 344 g/mol. The molecule has 24 heavy (non-hydrogen) atoms. The van der Waals surface area contributed by atoms with Gasteiger partial charge in [-0.05, 0) is 30.5 Å². The summed E-state index contributed by atoms with van der Waals surface area (Å²) in [6.45, 7) is 0. The molecule has 122 valence electrons. The molecule has 0 fully saturated rings. The van der Waals surface area contributed by atoms with Gasteiger partial charge in [-0.1, -0.05) is 23.7 Å². The monoisotopic (exact) mass is 343 g/mol. The van der Waals surface area contributed by atoms with E-state index in [1.807, 2.05) is 6.07 Å². The molecule has 1 aromatic heterocycles. The number of H-pyrrole nitrogens is 2. The van der Waals surface area contributed by atoms with E-state index in [9.17, 15) is 14.4 Å². The van der Waals surface area contributed by atoms with Crippen molar-refractivity contribution in [1.29, 1.82) is 0 Å². The van der Waals surface area contributed by atoms with Gasteiger partial charge in [-0.25, -0.2) is 4.79 Å². The van der Waals surface area contributed by atoms with Crippen LogP contribution in [0.15, 0.2) is 45.1 Å². The Labute approximate surface area is 141 Å². The lowest BCUT2D eigenvalue weighted by Crippen LogP contribution is -2.36. The molecule has 1 atom stereocenters. The highest BCUT2D eigenvalue weighted by atomic mass is 35.5. The summed E-state index contributed by atoms with van der Waals surface area (Å²) >= 11 is 6.11. The summed E-state index contributed by atoms with van der Waals surface area (Å²) < 4.78 is 0. The van der Waals surface area contributed by atoms with E-state index in [-0.39, 0.29) is 5.78 Å². The van der Waals surface area contributed by atoms with Crippen molar-refractivity contribution in [2.45, 2.75) is 25.2 Å². The normalized spacial score (nSPS) is 19.5. The van der Waals surface area contributed by atoms with Crippen LogP contribution in [-0.2, 0) is 4.79 Å². The SMILES string of the molecule is O=C1CCCC2=C1C(c1cccc(Cl)c1)c1c([nH]c(=O)[nH]c1=O)N2. The summed E-state index contributed by atoms with van der Waals surface area (Å²) in [5, 5.41) is 3.60. The maximum atomic E-state index is 12.6. The number of nitrogens with one attached hydrogen (secondary N) is 3. The van der Waals surface area contributed by atoms with Crippen LogP contribution in [0.4, 0.5) is 5.82 Å². The lowest BCUT2D eigenvalue weighted by Gasteiger charge is -2.32. The van der Waals surface area contributed by atoms with Crippen LogP contribution in [0, 0.1) is 0 Å². The van der Waals surface area contributed by atoms with E-state index in [1.54, 1.807) is 18.2 Å². The zero-order valence-corrected chi connectivity index (χ0v) is 13.4. The lowest BCUT2D eigenvalue weighted by atomic mass is 9.76. The second kappa shape index (κ2) is 5.49. The van der Waals surface area contributed by atoms with Crippen LogP contribution in [0.25, 0.3) is 0 Å². The van der Waals surface area contributed by atoms with Crippen molar-refractivity contribution < 1.29 is 4.79 Å². The number of aromatic amines is 2.